The van der Waals surface area contributed by atoms with E-state index < -0.39 is 33.9 Å². The molecule has 0 aliphatic rings. The minimum atomic E-state index is -3.75. The molecular formula is C13H18N2O6S. The molecule has 0 aliphatic heterocycles. The van der Waals surface area contributed by atoms with Gasteiger partial charge in [-0.05, 0) is 12.0 Å². The van der Waals surface area contributed by atoms with Crippen molar-refractivity contribution in [3.05, 3.63) is 35.9 Å². The molecule has 0 saturated carbocycles. The largest absolute Gasteiger partial charge is 0.467 e. The Bertz CT molecular complexity index is 602. The van der Waals surface area contributed by atoms with Gasteiger partial charge in [0.2, 0.25) is 10.0 Å². The van der Waals surface area contributed by atoms with Crippen LogP contribution < -0.4 is 10.5 Å². The molecule has 3 N–H and O–H groups in total. The maximum Gasteiger partial charge on any atom is 0.408 e. The van der Waals surface area contributed by atoms with E-state index in [9.17, 15) is 18.0 Å². The van der Waals surface area contributed by atoms with E-state index in [1.54, 1.807) is 24.3 Å². The summed E-state index contributed by atoms with van der Waals surface area (Å²) in [4.78, 5) is 23.2. The summed E-state index contributed by atoms with van der Waals surface area (Å²) in [6.45, 7) is 0.0236. The summed E-state index contributed by atoms with van der Waals surface area (Å²) in [5.41, 5.74) is 0.775. The van der Waals surface area contributed by atoms with Gasteiger partial charge in [-0.2, -0.15) is 0 Å². The zero-order valence-electron chi connectivity index (χ0n) is 12.0. The summed E-state index contributed by atoms with van der Waals surface area (Å²) in [5, 5.41) is 7.12. The number of sulfonamides is 1. The highest BCUT2D eigenvalue weighted by atomic mass is 32.2. The number of primary sulfonamides is 1. The minimum Gasteiger partial charge on any atom is -0.467 e. The van der Waals surface area contributed by atoms with Gasteiger partial charge in [-0.15, -0.1) is 0 Å². The summed E-state index contributed by atoms with van der Waals surface area (Å²) in [6, 6.07) is 7.80. The quantitative estimate of drug-likeness (QED) is 0.685. The van der Waals surface area contributed by atoms with Crippen LogP contribution in [0, 0.1) is 0 Å². The molecule has 9 heteroatoms. The van der Waals surface area contributed by atoms with Crippen molar-refractivity contribution in [3.63, 3.8) is 0 Å². The molecular weight excluding hydrogens is 312 g/mol. The topological polar surface area (TPSA) is 125 Å². The Balaban J connectivity index is 2.53. The van der Waals surface area contributed by atoms with Gasteiger partial charge in [-0.1, -0.05) is 30.3 Å². The van der Waals surface area contributed by atoms with Crippen molar-refractivity contribution in [2.24, 2.45) is 5.14 Å². The van der Waals surface area contributed by atoms with Crippen LogP contribution in [-0.2, 0) is 30.9 Å². The van der Waals surface area contributed by atoms with Crippen LogP contribution in [0.1, 0.15) is 12.0 Å². The second-order valence-electron chi connectivity index (χ2n) is 4.44. The Morgan fingerprint density at radius 2 is 1.91 bits per heavy atom. The van der Waals surface area contributed by atoms with Gasteiger partial charge in [-0.3, -0.25) is 0 Å². The summed E-state index contributed by atoms with van der Waals surface area (Å²) < 4.78 is 31.3. The average molecular weight is 330 g/mol. The zero-order valence-corrected chi connectivity index (χ0v) is 12.8. The molecule has 0 bridgehead atoms. The number of hydrogen-bond acceptors (Lipinski definition) is 6. The van der Waals surface area contributed by atoms with Gasteiger partial charge in [-0.25, -0.2) is 23.1 Å². The van der Waals surface area contributed by atoms with Crippen molar-refractivity contribution in [2.45, 2.75) is 19.1 Å². The Morgan fingerprint density at radius 3 is 2.45 bits per heavy atom. The summed E-state index contributed by atoms with van der Waals surface area (Å²) in [5.74, 6) is -1.24. The molecule has 8 nitrogen and oxygen atoms in total. The van der Waals surface area contributed by atoms with Crippen molar-refractivity contribution < 1.29 is 27.5 Å². The molecule has 0 aromatic heterocycles. The zero-order chi connectivity index (χ0) is 16.6. The molecule has 0 spiro atoms. The fraction of sp³-hybridized carbons (Fsp3) is 0.385. The minimum absolute atomic E-state index is 0.0236. The van der Waals surface area contributed by atoms with Gasteiger partial charge >= 0.3 is 12.1 Å². The van der Waals surface area contributed by atoms with Gasteiger partial charge < -0.3 is 14.8 Å². The lowest BCUT2D eigenvalue weighted by molar-refractivity contribution is -0.143. The highest BCUT2D eigenvalue weighted by molar-refractivity contribution is 7.89. The third-order valence-corrected chi connectivity index (χ3v) is 3.49. The van der Waals surface area contributed by atoms with Crippen LogP contribution in [0.5, 0.6) is 0 Å². The van der Waals surface area contributed by atoms with Gasteiger partial charge in [0.25, 0.3) is 0 Å². The van der Waals surface area contributed by atoms with Crippen LogP contribution >= 0.6 is 0 Å². The summed E-state index contributed by atoms with van der Waals surface area (Å²) in [6.07, 6.45) is -1.06. The Labute approximate surface area is 128 Å². The van der Waals surface area contributed by atoms with E-state index in [4.69, 9.17) is 9.88 Å². The fourth-order valence-electron chi connectivity index (χ4n) is 1.58. The predicted molar refractivity (Wildman–Crippen MR) is 78.2 cm³/mol. The van der Waals surface area contributed by atoms with Crippen molar-refractivity contribution in [1.82, 2.24) is 5.32 Å². The lowest BCUT2D eigenvalue weighted by Crippen LogP contribution is -2.43. The van der Waals surface area contributed by atoms with E-state index in [1.807, 2.05) is 6.07 Å². The third kappa shape index (κ3) is 7.04. The SMILES string of the molecule is COC(=O)C(CCS(N)(=O)=O)NC(=O)OCc1ccccc1. The molecule has 0 saturated heterocycles. The molecule has 1 atom stereocenters. The molecule has 122 valence electrons. The number of esters is 1. The second kappa shape index (κ2) is 8.35. The number of amides is 1. The summed E-state index contributed by atoms with van der Waals surface area (Å²) in [7, 11) is -2.62. The molecule has 22 heavy (non-hydrogen) atoms. The van der Waals surface area contributed by atoms with E-state index in [0.29, 0.717) is 0 Å². The molecule has 0 radical (unpaired) electrons. The van der Waals surface area contributed by atoms with Gasteiger partial charge in [0.15, 0.2) is 0 Å². The van der Waals surface area contributed by atoms with Crippen LogP contribution in [0.2, 0.25) is 0 Å². The molecule has 0 heterocycles. The first-order chi connectivity index (χ1) is 10.3. The van der Waals surface area contributed by atoms with Crippen molar-refractivity contribution in [3.8, 4) is 0 Å². The maximum atomic E-state index is 11.6. The molecule has 1 amide bonds. The number of rotatable bonds is 7. The maximum absolute atomic E-state index is 11.6. The van der Waals surface area contributed by atoms with Crippen molar-refractivity contribution in [2.75, 3.05) is 12.9 Å². The molecule has 1 aromatic carbocycles. The number of benzene rings is 1. The predicted octanol–water partition coefficient (Wildman–Crippen LogP) is 0.133. The smallest absolute Gasteiger partial charge is 0.408 e. The Hall–Kier alpha value is -2.13. The lowest BCUT2D eigenvalue weighted by Gasteiger charge is -2.15. The van der Waals surface area contributed by atoms with Crippen molar-refractivity contribution >= 4 is 22.1 Å². The van der Waals surface area contributed by atoms with Crippen LogP contribution in [0.3, 0.4) is 0 Å². The third-order valence-electron chi connectivity index (χ3n) is 2.68. The van der Waals surface area contributed by atoms with E-state index in [0.717, 1.165) is 12.7 Å². The highest BCUT2D eigenvalue weighted by Crippen LogP contribution is 2.02. The van der Waals surface area contributed by atoms with Crippen LogP contribution in [0.25, 0.3) is 0 Å². The van der Waals surface area contributed by atoms with E-state index >= 15 is 0 Å². The number of methoxy groups -OCH3 is 1. The van der Waals surface area contributed by atoms with Crippen LogP contribution in [0.15, 0.2) is 30.3 Å². The number of carbonyl (C=O) groups excluding carboxylic acids is 2. The summed E-state index contributed by atoms with van der Waals surface area (Å²) >= 11 is 0. The first kappa shape index (κ1) is 17.9. The first-order valence-corrected chi connectivity index (χ1v) is 8.09. The van der Waals surface area contributed by atoms with Gasteiger partial charge in [0, 0.05) is 0 Å². The van der Waals surface area contributed by atoms with Gasteiger partial charge in [0.1, 0.15) is 12.6 Å². The number of ether oxygens (including phenoxy) is 2. The number of nitrogens with two attached hydrogens (primary N) is 1. The highest BCUT2D eigenvalue weighted by Gasteiger charge is 2.23. The van der Waals surface area contributed by atoms with Crippen LogP contribution in [0.4, 0.5) is 4.79 Å². The molecule has 1 unspecified atom stereocenters. The number of hydrogen-bond donors (Lipinski definition) is 2. The normalized spacial score (nSPS) is 12.3. The van der Waals surface area contributed by atoms with E-state index in [2.05, 4.69) is 10.1 Å². The molecule has 0 fully saturated rings. The molecule has 1 rings (SSSR count). The number of carbonyl (C=O) groups is 2. The van der Waals surface area contributed by atoms with Crippen LogP contribution in [-0.4, -0.2) is 39.4 Å². The standard InChI is InChI=1S/C13H18N2O6S/c1-20-12(16)11(7-8-22(14,18)19)15-13(17)21-9-10-5-3-2-4-6-10/h2-6,11H,7-9H2,1H3,(H,15,17)(H2,14,18,19). The Kier molecular flexibility index (Phi) is 6.80. The lowest BCUT2D eigenvalue weighted by atomic mass is 10.2. The van der Waals surface area contributed by atoms with Crippen molar-refractivity contribution in [1.29, 1.82) is 0 Å². The number of alkyl carbamates (subject to hydrolysis) is 1. The number of nitrogens with one attached hydrogen (secondary N) is 1. The van der Waals surface area contributed by atoms with E-state index in [-0.39, 0.29) is 13.0 Å². The van der Waals surface area contributed by atoms with E-state index in [1.165, 1.54) is 0 Å². The van der Waals surface area contributed by atoms with Gasteiger partial charge in [0.05, 0.1) is 12.9 Å². The Morgan fingerprint density at radius 1 is 1.27 bits per heavy atom. The first-order valence-electron chi connectivity index (χ1n) is 6.37. The molecule has 1 aromatic rings. The fourth-order valence-corrected chi connectivity index (χ4v) is 2.14. The second-order valence-corrected chi connectivity index (χ2v) is 6.17. The molecule has 0 aliphatic carbocycles. The average Bonchev–Trinajstić information content (AvgIpc) is 2.48. The monoisotopic (exact) mass is 330 g/mol.